The molecule has 18 heavy (non-hydrogen) atoms. The van der Waals surface area contributed by atoms with Crippen molar-refractivity contribution in [2.75, 3.05) is 19.6 Å². The van der Waals surface area contributed by atoms with Crippen molar-refractivity contribution < 1.29 is 19.8 Å². The van der Waals surface area contributed by atoms with Crippen molar-refractivity contribution in [3.8, 4) is 0 Å². The van der Waals surface area contributed by atoms with E-state index in [-0.39, 0.29) is 30.2 Å². The summed E-state index contributed by atoms with van der Waals surface area (Å²) in [5.74, 6) is -1.15. The summed E-state index contributed by atoms with van der Waals surface area (Å²) in [5, 5.41) is 23.6. The van der Waals surface area contributed by atoms with Crippen LogP contribution in [0, 0.1) is 11.3 Å². The van der Waals surface area contributed by atoms with Gasteiger partial charge in [0.2, 0.25) is 5.91 Å². The highest BCUT2D eigenvalue weighted by Crippen LogP contribution is 2.58. The van der Waals surface area contributed by atoms with Gasteiger partial charge in [-0.2, -0.15) is 0 Å². The van der Waals surface area contributed by atoms with E-state index in [1.165, 1.54) is 0 Å². The van der Waals surface area contributed by atoms with E-state index >= 15 is 0 Å². The predicted octanol–water partition coefficient (Wildman–Crippen LogP) is -0.672. The van der Waals surface area contributed by atoms with E-state index in [9.17, 15) is 9.59 Å². The molecule has 1 amide bonds. The van der Waals surface area contributed by atoms with E-state index in [4.69, 9.17) is 10.2 Å². The summed E-state index contributed by atoms with van der Waals surface area (Å²) in [6.07, 6.45) is 1.70. The van der Waals surface area contributed by atoms with E-state index in [0.717, 1.165) is 32.4 Å². The highest BCUT2D eigenvalue weighted by Gasteiger charge is 2.57. The third kappa shape index (κ3) is 2.81. The fraction of sp³-hybridized carbons (Fsp3) is 0.833. The van der Waals surface area contributed by atoms with Gasteiger partial charge in [-0.3, -0.25) is 4.79 Å². The van der Waals surface area contributed by atoms with Gasteiger partial charge in [-0.1, -0.05) is 0 Å². The monoisotopic (exact) mass is 256 g/mol. The zero-order valence-electron chi connectivity index (χ0n) is 10.3. The molecule has 2 rings (SSSR count). The minimum Gasteiger partial charge on any atom is -0.479 e. The molecular weight excluding hydrogens is 236 g/mol. The summed E-state index contributed by atoms with van der Waals surface area (Å²) in [5.41, 5.74) is 0.195. The molecule has 1 saturated heterocycles. The zero-order chi connectivity index (χ0) is 13.2. The quantitative estimate of drug-likeness (QED) is 0.523. The molecule has 1 spiro atoms. The molecule has 2 aliphatic rings. The van der Waals surface area contributed by atoms with Crippen molar-refractivity contribution >= 4 is 11.9 Å². The second kappa shape index (κ2) is 5.24. The fourth-order valence-electron chi connectivity index (χ4n) is 2.77. The molecule has 0 aromatic heterocycles. The molecule has 2 atom stereocenters. The van der Waals surface area contributed by atoms with Crippen LogP contribution in [-0.2, 0) is 9.59 Å². The first-order valence-electron chi connectivity index (χ1n) is 6.44. The minimum atomic E-state index is -1.39. The molecule has 1 saturated carbocycles. The lowest BCUT2D eigenvalue weighted by atomic mass is 9.92. The number of carbonyl (C=O) groups is 2. The first-order chi connectivity index (χ1) is 8.55. The van der Waals surface area contributed by atoms with Crippen LogP contribution in [0.15, 0.2) is 0 Å². The molecule has 0 radical (unpaired) electrons. The Bertz CT molecular complexity index is 339. The number of rotatable bonds is 5. The number of aliphatic hydroxyl groups is 1. The molecule has 0 bridgehead atoms. The van der Waals surface area contributed by atoms with Gasteiger partial charge < -0.3 is 20.8 Å². The van der Waals surface area contributed by atoms with Crippen molar-refractivity contribution in [3.05, 3.63) is 0 Å². The largest absolute Gasteiger partial charge is 0.479 e. The molecule has 4 N–H and O–H groups in total. The molecule has 1 heterocycles. The number of nitrogens with one attached hydrogen (secondary N) is 2. The van der Waals surface area contributed by atoms with Crippen LogP contribution in [0.3, 0.4) is 0 Å². The molecule has 0 aromatic carbocycles. The molecule has 6 heteroatoms. The van der Waals surface area contributed by atoms with Crippen LogP contribution >= 0.6 is 0 Å². The standard InChI is InChI=1S/C12H20N2O4/c15-9(11(17)18)1-4-14-10(16)8-7-12(8)2-5-13-6-3-12/h8-9,13,15H,1-7H2,(H,14,16)(H,17,18). The Hall–Kier alpha value is -1.14. The van der Waals surface area contributed by atoms with Crippen LogP contribution < -0.4 is 10.6 Å². The first-order valence-corrected chi connectivity index (χ1v) is 6.44. The average molecular weight is 256 g/mol. The first kappa shape index (κ1) is 13.3. The second-order valence-corrected chi connectivity index (χ2v) is 5.30. The summed E-state index contributed by atoms with van der Waals surface area (Å²) >= 11 is 0. The fourth-order valence-corrected chi connectivity index (χ4v) is 2.77. The van der Waals surface area contributed by atoms with E-state index in [2.05, 4.69) is 10.6 Å². The summed E-state index contributed by atoms with van der Waals surface area (Å²) < 4.78 is 0. The number of carboxylic acids is 1. The van der Waals surface area contributed by atoms with Gasteiger partial charge in [-0.15, -0.1) is 0 Å². The number of amides is 1. The summed E-state index contributed by atoms with van der Waals surface area (Å²) in [7, 11) is 0. The van der Waals surface area contributed by atoms with Gasteiger partial charge in [0.1, 0.15) is 0 Å². The Labute approximate surface area is 106 Å². The number of carboxylic acid groups (broad SMARTS) is 1. The second-order valence-electron chi connectivity index (χ2n) is 5.30. The lowest BCUT2D eigenvalue weighted by Crippen LogP contribution is -2.35. The summed E-state index contributed by atoms with van der Waals surface area (Å²) in [6, 6.07) is 0. The number of hydrogen-bond donors (Lipinski definition) is 4. The SMILES string of the molecule is O=C(O)C(O)CCNC(=O)C1CC12CCNCC2. The molecule has 0 aromatic rings. The smallest absolute Gasteiger partial charge is 0.332 e. The van der Waals surface area contributed by atoms with Gasteiger partial charge in [0, 0.05) is 18.9 Å². The van der Waals surface area contributed by atoms with Crippen LogP contribution in [0.5, 0.6) is 0 Å². The van der Waals surface area contributed by atoms with Crippen LogP contribution in [-0.4, -0.2) is 47.8 Å². The van der Waals surface area contributed by atoms with Crippen LogP contribution in [0.1, 0.15) is 25.7 Å². The number of carbonyl (C=O) groups excluding carboxylic acids is 1. The van der Waals surface area contributed by atoms with Crippen molar-refractivity contribution in [2.24, 2.45) is 11.3 Å². The topological polar surface area (TPSA) is 98.7 Å². The van der Waals surface area contributed by atoms with Crippen LogP contribution in [0.4, 0.5) is 0 Å². The lowest BCUT2D eigenvalue weighted by Gasteiger charge is -2.23. The zero-order valence-corrected chi connectivity index (χ0v) is 10.3. The van der Waals surface area contributed by atoms with Gasteiger partial charge in [0.05, 0.1) is 0 Å². The number of piperidine rings is 1. The van der Waals surface area contributed by atoms with Gasteiger partial charge >= 0.3 is 5.97 Å². The van der Waals surface area contributed by atoms with Gasteiger partial charge in [0.15, 0.2) is 6.10 Å². The minimum absolute atomic E-state index is 0.00879. The molecule has 2 unspecified atom stereocenters. The maximum Gasteiger partial charge on any atom is 0.332 e. The normalized spacial score (nSPS) is 26.6. The number of aliphatic hydroxyl groups excluding tert-OH is 1. The predicted molar refractivity (Wildman–Crippen MR) is 63.9 cm³/mol. The average Bonchev–Trinajstić information content (AvgIpc) is 3.03. The van der Waals surface area contributed by atoms with Crippen molar-refractivity contribution in [3.63, 3.8) is 0 Å². The Balaban J connectivity index is 1.69. The van der Waals surface area contributed by atoms with Gasteiger partial charge in [0.25, 0.3) is 0 Å². The molecule has 6 nitrogen and oxygen atoms in total. The number of aliphatic carboxylic acids is 1. The molecule has 1 aliphatic heterocycles. The van der Waals surface area contributed by atoms with E-state index in [0.29, 0.717) is 0 Å². The highest BCUT2D eigenvalue weighted by atomic mass is 16.4. The maximum atomic E-state index is 11.9. The van der Waals surface area contributed by atoms with E-state index in [1.54, 1.807) is 0 Å². The molecule has 102 valence electrons. The molecule has 2 fully saturated rings. The van der Waals surface area contributed by atoms with Gasteiger partial charge in [-0.05, 0) is 37.8 Å². The van der Waals surface area contributed by atoms with Crippen molar-refractivity contribution in [1.82, 2.24) is 10.6 Å². The summed E-state index contributed by atoms with van der Waals surface area (Å²) in [6.45, 7) is 2.17. The van der Waals surface area contributed by atoms with Gasteiger partial charge in [-0.25, -0.2) is 4.79 Å². The Morgan fingerprint density at radius 2 is 2.06 bits per heavy atom. The van der Waals surface area contributed by atoms with Crippen LogP contribution in [0.25, 0.3) is 0 Å². The molecule has 1 aliphatic carbocycles. The maximum absolute atomic E-state index is 11.9. The highest BCUT2D eigenvalue weighted by molar-refractivity contribution is 5.82. The number of hydrogen-bond acceptors (Lipinski definition) is 4. The van der Waals surface area contributed by atoms with Crippen molar-refractivity contribution in [1.29, 1.82) is 0 Å². The summed E-state index contributed by atoms with van der Waals surface area (Å²) in [4.78, 5) is 22.3. The Morgan fingerprint density at radius 3 is 2.67 bits per heavy atom. The lowest BCUT2D eigenvalue weighted by molar-refractivity contribution is -0.147. The van der Waals surface area contributed by atoms with E-state index in [1.807, 2.05) is 0 Å². The Kier molecular flexibility index (Phi) is 3.87. The third-order valence-electron chi connectivity index (χ3n) is 4.11. The molecular formula is C12H20N2O4. The Morgan fingerprint density at radius 1 is 1.39 bits per heavy atom. The van der Waals surface area contributed by atoms with E-state index < -0.39 is 12.1 Å². The van der Waals surface area contributed by atoms with Crippen molar-refractivity contribution in [2.45, 2.75) is 31.8 Å². The van der Waals surface area contributed by atoms with Crippen LogP contribution in [0.2, 0.25) is 0 Å². The third-order valence-corrected chi connectivity index (χ3v) is 4.11.